The summed E-state index contributed by atoms with van der Waals surface area (Å²) in [5, 5.41) is 3.03. The number of anilines is 1. The Morgan fingerprint density at radius 3 is 2.40 bits per heavy atom. The Bertz CT molecular complexity index is 778. The molecule has 2 aromatic rings. The van der Waals surface area contributed by atoms with E-state index in [1.54, 1.807) is 4.90 Å². The summed E-state index contributed by atoms with van der Waals surface area (Å²) in [6.45, 7) is 2.44. The minimum absolute atomic E-state index is 0.0645. The van der Waals surface area contributed by atoms with Crippen LogP contribution in [0.5, 0.6) is 0 Å². The third kappa shape index (κ3) is 4.28. The van der Waals surface area contributed by atoms with Gasteiger partial charge >= 0.3 is 0 Å². The summed E-state index contributed by atoms with van der Waals surface area (Å²) in [7, 11) is 0. The monoisotopic (exact) mass is 353 g/mol. The maximum absolute atomic E-state index is 12.6. The predicted octanol–water partition coefficient (Wildman–Crippen LogP) is 3.67. The van der Waals surface area contributed by atoms with Crippen molar-refractivity contribution in [2.75, 3.05) is 11.9 Å². The topological polar surface area (TPSA) is 61.8 Å². The van der Waals surface area contributed by atoms with Gasteiger partial charge in [-0.2, -0.15) is 0 Å². The molecule has 0 saturated carbocycles. The molecule has 0 aliphatic carbocycles. The van der Waals surface area contributed by atoms with Gasteiger partial charge in [0.2, 0.25) is 11.8 Å². The minimum atomic E-state index is -0.439. The number of nitrogens with one attached hydrogen (secondary N) is 1. The number of rotatable bonds is 5. The van der Waals surface area contributed by atoms with Crippen molar-refractivity contribution < 1.29 is 9.59 Å². The smallest absolute Gasteiger partial charge is 0.242 e. The third-order valence-corrected chi connectivity index (χ3v) is 4.92. The Hall–Kier alpha value is -2.60. The largest absolute Gasteiger partial charge is 0.326 e. The summed E-state index contributed by atoms with van der Waals surface area (Å²) in [5.74, 6) is -0.237. The van der Waals surface area contributed by atoms with Gasteiger partial charge in [-0.1, -0.05) is 48.2 Å². The normalized spacial score (nSPS) is 18.6. The Kier molecular flexibility index (Phi) is 5.50. The number of carbonyl (C=O) groups excluding carboxylic acids is 2. The second-order valence-electron chi connectivity index (χ2n) is 5.54. The van der Waals surface area contributed by atoms with Crippen LogP contribution < -0.4 is 5.32 Å². The van der Waals surface area contributed by atoms with Crippen molar-refractivity contribution in [3.8, 4) is 0 Å². The van der Waals surface area contributed by atoms with Crippen molar-refractivity contribution in [1.29, 1.82) is 0 Å². The predicted molar refractivity (Wildman–Crippen MR) is 102 cm³/mol. The number of amides is 2. The molecule has 1 aliphatic rings. The van der Waals surface area contributed by atoms with Crippen LogP contribution in [0.25, 0.3) is 0 Å². The second kappa shape index (κ2) is 7.98. The molecule has 3 rings (SSSR count). The molecule has 1 aliphatic heterocycles. The summed E-state index contributed by atoms with van der Waals surface area (Å²) in [4.78, 5) is 31.0. The number of hydrogen-bond donors (Lipinski definition) is 1. The molecule has 0 bridgehead atoms. The van der Waals surface area contributed by atoms with E-state index >= 15 is 0 Å². The van der Waals surface area contributed by atoms with Crippen molar-refractivity contribution in [1.82, 2.24) is 4.90 Å². The zero-order valence-electron chi connectivity index (χ0n) is 13.9. The van der Waals surface area contributed by atoms with Crippen molar-refractivity contribution in [3.63, 3.8) is 0 Å². The summed E-state index contributed by atoms with van der Waals surface area (Å²) in [6, 6.07) is 18.8. The molecule has 6 heteroatoms. The summed E-state index contributed by atoms with van der Waals surface area (Å²) >= 11 is 1.35. The van der Waals surface area contributed by atoms with Crippen molar-refractivity contribution in [2.24, 2.45) is 4.99 Å². The minimum Gasteiger partial charge on any atom is -0.326 e. The lowest BCUT2D eigenvalue weighted by atomic mass is 10.2. The van der Waals surface area contributed by atoms with Gasteiger partial charge in [0.1, 0.15) is 5.25 Å². The molecular weight excluding hydrogens is 334 g/mol. The van der Waals surface area contributed by atoms with Crippen LogP contribution in [-0.4, -0.2) is 33.7 Å². The zero-order valence-corrected chi connectivity index (χ0v) is 14.7. The number of benzene rings is 2. The van der Waals surface area contributed by atoms with Gasteiger partial charge in [-0.05, 0) is 31.2 Å². The first-order valence-corrected chi connectivity index (χ1v) is 9.02. The van der Waals surface area contributed by atoms with E-state index in [9.17, 15) is 9.59 Å². The quantitative estimate of drug-likeness (QED) is 0.892. The fourth-order valence-electron chi connectivity index (χ4n) is 2.53. The fourth-order valence-corrected chi connectivity index (χ4v) is 3.75. The van der Waals surface area contributed by atoms with Crippen LogP contribution in [0, 0.1) is 0 Å². The Morgan fingerprint density at radius 2 is 1.76 bits per heavy atom. The van der Waals surface area contributed by atoms with E-state index in [0.717, 1.165) is 11.4 Å². The van der Waals surface area contributed by atoms with E-state index in [1.807, 2.05) is 67.6 Å². The first kappa shape index (κ1) is 17.2. The molecule has 0 radical (unpaired) electrons. The molecule has 1 N–H and O–H groups in total. The highest BCUT2D eigenvalue weighted by Crippen LogP contribution is 2.31. The average molecular weight is 353 g/mol. The van der Waals surface area contributed by atoms with Gasteiger partial charge in [-0.3, -0.25) is 14.5 Å². The van der Waals surface area contributed by atoms with Crippen LogP contribution in [-0.2, 0) is 9.59 Å². The Balaban J connectivity index is 1.69. The van der Waals surface area contributed by atoms with Gasteiger partial charge in [-0.15, -0.1) is 0 Å². The Morgan fingerprint density at radius 1 is 1.12 bits per heavy atom. The molecule has 1 fully saturated rings. The maximum atomic E-state index is 12.6. The van der Waals surface area contributed by atoms with Gasteiger partial charge in [0.25, 0.3) is 0 Å². The highest BCUT2D eigenvalue weighted by atomic mass is 32.2. The van der Waals surface area contributed by atoms with Crippen molar-refractivity contribution >= 4 is 40.1 Å². The molecule has 2 amide bonds. The fraction of sp³-hybridized carbons (Fsp3) is 0.211. The number of thioether (sulfide) groups is 1. The molecule has 25 heavy (non-hydrogen) atoms. The number of amidine groups is 1. The van der Waals surface area contributed by atoms with Crippen LogP contribution in [0.2, 0.25) is 0 Å². The lowest BCUT2D eigenvalue weighted by Gasteiger charge is -2.13. The molecule has 0 spiro atoms. The van der Waals surface area contributed by atoms with Gasteiger partial charge in [-0.25, -0.2) is 4.99 Å². The van der Waals surface area contributed by atoms with E-state index < -0.39 is 5.25 Å². The molecule has 0 aromatic heterocycles. The highest BCUT2D eigenvalue weighted by Gasteiger charge is 2.38. The van der Waals surface area contributed by atoms with Crippen LogP contribution >= 0.6 is 11.8 Å². The SMILES string of the molecule is CCN1C(=O)[C@H](CC(=O)Nc2ccccc2)SC1=Nc1ccccc1. The van der Waals surface area contributed by atoms with E-state index in [4.69, 9.17) is 0 Å². The molecule has 1 atom stereocenters. The number of para-hydroxylation sites is 2. The zero-order chi connectivity index (χ0) is 17.6. The first-order valence-electron chi connectivity index (χ1n) is 8.14. The number of hydrogen-bond acceptors (Lipinski definition) is 4. The maximum Gasteiger partial charge on any atom is 0.242 e. The van der Waals surface area contributed by atoms with Crippen LogP contribution in [0.1, 0.15) is 13.3 Å². The van der Waals surface area contributed by atoms with E-state index in [1.165, 1.54) is 11.8 Å². The van der Waals surface area contributed by atoms with Gasteiger partial charge in [0, 0.05) is 18.7 Å². The summed E-state index contributed by atoms with van der Waals surface area (Å²) in [5.41, 5.74) is 1.53. The van der Waals surface area contributed by atoms with E-state index in [-0.39, 0.29) is 18.2 Å². The molecule has 1 saturated heterocycles. The Labute approximate surface area is 151 Å². The van der Waals surface area contributed by atoms with E-state index in [2.05, 4.69) is 10.3 Å². The number of carbonyl (C=O) groups is 2. The van der Waals surface area contributed by atoms with E-state index in [0.29, 0.717) is 11.7 Å². The van der Waals surface area contributed by atoms with Gasteiger partial charge in [0.05, 0.1) is 5.69 Å². The second-order valence-corrected chi connectivity index (χ2v) is 6.71. The number of aliphatic imine (C=N–C) groups is 1. The third-order valence-electron chi connectivity index (χ3n) is 3.75. The number of nitrogens with zero attached hydrogens (tertiary/aromatic N) is 2. The molecular formula is C19H19N3O2S. The summed E-state index contributed by atoms with van der Waals surface area (Å²) < 4.78 is 0. The lowest BCUT2D eigenvalue weighted by Crippen LogP contribution is -2.33. The molecule has 1 heterocycles. The molecule has 0 unspecified atom stereocenters. The standard InChI is InChI=1S/C19H19N3O2S/c1-2-22-18(24)16(13-17(23)20-14-9-5-3-6-10-14)25-19(22)21-15-11-7-4-8-12-15/h3-12,16H,2,13H2,1H3,(H,20,23)/t16-/m0/s1. The lowest BCUT2D eigenvalue weighted by molar-refractivity contribution is -0.128. The van der Waals surface area contributed by atoms with Crippen LogP contribution in [0.3, 0.4) is 0 Å². The van der Waals surface area contributed by atoms with Gasteiger partial charge < -0.3 is 5.32 Å². The molecule has 5 nitrogen and oxygen atoms in total. The molecule has 2 aromatic carbocycles. The van der Waals surface area contributed by atoms with Crippen LogP contribution in [0.4, 0.5) is 11.4 Å². The van der Waals surface area contributed by atoms with Crippen molar-refractivity contribution in [3.05, 3.63) is 60.7 Å². The highest BCUT2D eigenvalue weighted by molar-refractivity contribution is 8.15. The summed E-state index contributed by atoms with van der Waals surface area (Å²) in [6.07, 6.45) is 0.128. The van der Waals surface area contributed by atoms with Crippen molar-refractivity contribution in [2.45, 2.75) is 18.6 Å². The first-order chi connectivity index (χ1) is 12.2. The average Bonchev–Trinajstić information content (AvgIpc) is 2.91. The molecule has 128 valence electrons. The van der Waals surface area contributed by atoms with Gasteiger partial charge in [0.15, 0.2) is 5.17 Å². The van der Waals surface area contributed by atoms with Crippen LogP contribution in [0.15, 0.2) is 65.7 Å².